The van der Waals surface area contributed by atoms with Crippen LogP contribution in [0.5, 0.6) is 5.75 Å². The van der Waals surface area contributed by atoms with Crippen molar-refractivity contribution in [3.8, 4) is 5.75 Å². The number of carbonyl (C=O) groups excluding carboxylic acids is 1. The molecule has 0 heterocycles. The van der Waals surface area contributed by atoms with E-state index in [1.165, 1.54) is 6.07 Å². The Morgan fingerprint density at radius 1 is 1.06 bits per heavy atom. The minimum Gasteiger partial charge on any atom is -0.507 e. The van der Waals surface area contributed by atoms with Crippen LogP contribution in [-0.4, -0.2) is 11.4 Å². The summed E-state index contributed by atoms with van der Waals surface area (Å²) in [5, 5.41) is 10.1. The van der Waals surface area contributed by atoms with Crippen LogP contribution < -0.4 is 0 Å². The van der Waals surface area contributed by atoms with Gasteiger partial charge in [-0.25, -0.2) is 0 Å². The van der Waals surface area contributed by atoms with Crippen LogP contribution in [0.4, 0.5) is 0 Å². The van der Waals surface area contributed by atoms with Gasteiger partial charge in [0.1, 0.15) is 5.75 Å². The fourth-order valence-electron chi connectivity index (χ4n) is 1.65. The summed E-state index contributed by atoms with van der Waals surface area (Å²) >= 11 is 5.80. The van der Waals surface area contributed by atoms with E-state index in [0.29, 0.717) is 23.3 Å². The first-order chi connectivity index (χ1) is 8.19. The maximum Gasteiger partial charge on any atom is 0.153 e. The normalized spacial score (nSPS) is 10.2. The molecule has 0 radical (unpaired) electrons. The van der Waals surface area contributed by atoms with Crippen LogP contribution in [0.25, 0.3) is 0 Å². The van der Waals surface area contributed by atoms with Crippen LogP contribution in [0.1, 0.15) is 21.5 Å². The van der Waals surface area contributed by atoms with Crippen molar-refractivity contribution in [1.29, 1.82) is 0 Å². The van der Waals surface area contributed by atoms with E-state index < -0.39 is 0 Å². The number of phenols is 1. The lowest BCUT2D eigenvalue weighted by Crippen LogP contribution is -1.90. The molecule has 3 heteroatoms. The highest BCUT2D eigenvalue weighted by Gasteiger charge is 2.02. The summed E-state index contributed by atoms with van der Waals surface area (Å²) in [6, 6.07) is 12.6. The van der Waals surface area contributed by atoms with Gasteiger partial charge in [-0.15, -0.1) is 0 Å². The Morgan fingerprint density at radius 2 is 1.71 bits per heavy atom. The smallest absolute Gasteiger partial charge is 0.153 e. The molecule has 86 valence electrons. The monoisotopic (exact) mass is 246 g/mol. The quantitative estimate of drug-likeness (QED) is 0.843. The van der Waals surface area contributed by atoms with Crippen LogP contribution >= 0.6 is 11.6 Å². The molecule has 0 spiro atoms. The van der Waals surface area contributed by atoms with Gasteiger partial charge in [-0.3, -0.25) is 4.79 Å². The molecule has 0 aliphatic heterocycles. The molecule has 0 aromatic heterocycles. The Kier molecular flexibility index (Phi) is 3.45. The van der Waals surface area contributed by atoms with E-state index in [2.05, 4.69) is 0 Å². The third-order valence-electron chi connectivity index (χ3n) is 2.54. The van der Waals surface area contributed by atoms with E-state index in [-0.39, 0.29) is 5.75 Å². The van der Waals surface area contributed by atoms with Crippen molar-refractivity contribution in [2.75, 3.05) is 0 Å². The maximum atomic E-state index is 10.7. The average molecular weight is 247 g/mol. The zero-order valence-electron chi connectivity index (χ0n) is 9.06. The van der Waals surface area contributed by atoms with Crippen molar-refractivity contribution in [2.45, 2.75) is 6.42 Å². The van der Waals surface area contributed by atoms with E-state index in [1.807, 2.05) is 24.3 Å². The molecular formula is C14H11ClO2. The lowest BCUT2D eigenvalue weighted by atomic mass is 10.0. The Bertz CT molecular complexity index is 532. The Balaban J connectivity index is 2.24. The molecule has 0 unspecified atom stereocenters. The summed E-state index contributed by atoms with van der Waals surface area (Å²) < 4.78 is 0. The Hall–Kier alpha value is -1.80. The van der Waals surface area contributed by atoms with Crippen molar-refractivity contribution in [3.05, 3.63) is 64.2 Å². The molecule has 0 fully saturated rings. The van der Waals surface area contributed by atoms with Crippen molar-refractivity contribution >= 4 is 17.9 Å². The minimum atomic E-state index is 0.0138. The third-order valence-corrected chi connectivity index (χ3v) is 2.79. The first kappa shape index (κ1) is 11.7. The molecule has 0 saturated carbocycles. The Morgan fingerprint density at radius 3 is 2.35 bits per heavy atom. The molecule has 1 N–H and O–H groups in total. The summed E-state index contributed by atoms with van der Waals surface area (Å²) in [5.41, 5.74) is 2.40. The third kappa shape index (κ3) is 2.86. The van der Waals surface area contributed by atoms with Gasteiger partial charge >= 0.3 is 0 Å². The molecule has 0 bridgehead atoms. The number of aromatic hydroxyl groups is 1. The SMILES string of the molecule is O=Cc1cc(Cc2ccc(Cl)cc2)ccc1O. The molecule has 0 aliphatic rings. The fraction of sp³-hybridized carbons (Fsp3) is 0.0714. The van der Waals surface area contributed by atoms with Gasteiger partial charge in [0.2, 0.25) is 0 Å². The van der Waals surface area contributed by atoms with Crippen molar-refractivity contribution in [2.24, 2.45) is 0 Å². The van der Waals surface area contributed by atoms with E-state index >= 15 is 0 Å². The molecule has 0 saturated heterocycles. The largest absolute Gasteiger partial charge is 0.507 e. The molecule has 2 aromatic carbocycles. The number of hydrogen-bond acceptors (Lipinski definition) is 2. The average Bonchev–Trinajstić information content (AvgIpc) is 2.34. The van der Waals surface area contributed by atoms with Crippen LogP contribution in [0.3, 0.4) is 0 Å². The second-order valence-corrected chi connectivity index (χ2v) is 4.25. The van der Waals surface area contributed by atoms with Gasteiger partial charge in [-0.1, -0.05) is 29.8 Å². The van der Waals surface area contributed by atoms with Gasteiger partial charge in [-0.2, -0.15) is 0 Å². The lowest BCUT2D eigenvalue weighted by molar-refractivity contribution is 0.112. The molecule has 17 heavy (non-hydrogen) atoms. The number of benzene rings is 2. The first-order valence-corrected chi connectivity index (χ1v) is 5.58. The molecule has 2 rings (SSSR count). The van der Waals surface area contributed by atoms with Crippen molar-refractivity contribution in [3.63, 3.8) is 0 Å². The molecular weight excluding hydrogens is 236 g/mol. The molecule has 0 aliphatic carbocycles. The van der Waals surface area contributed by atoms with E-state index in [1.54, 1.807) is 12.1 Å². The second kappa shape index (κ2) is 5.02. The van der Waals surface area contributed by atoms with E-state index in [0.717, 1.165) is 11.1 Å². The topological polar surface area (TPSA) is 37.3 Å². The zero-order chi connectivity index (χ0) is 12.3. The zero-order valence-corrected chi connectivity index (χ0v) is 9.82. The highest BCUT2D eigenvalue weighted by Crippen LogP contribution is 2.19. The van der Waals surface area contributed by atoms with Crippen LogP contribution in [0.15, 0.2) is 42.5 Å². The van der Waals surface area contributed by atoms with E-state index in [4.69, 9.17) is 11.6 Å². The summed E-state index contributed by atoms with van der Waals surface area (Å²) in [6.45, 7) is 0. The number of phenolic OH excluding ortho intramolecular Hbond substituents is 1. The van der Waals surface area contributed by atoms with Gasteiger partial charge in [0.25, 0.3) is 0 Å². The van der Waals surface area contributed by atoms with Crippen LogP contribution in [0.2, 0.25) is 5.02 Å². The van der Waals surface area contributed by atoms with Crippen LogP contribution in [0, 0.1) is 0 Å². The molecule has 0 atom stereocenters. The van der Waals surface area contributed by atoms with Gasteiger partial charge < -0.3 is 5.11 Å². The van der Waals surface area contributed by atoms with Gasteiger partial charge in [0.05, 0.1) is 5.56 Å². The molecule has 0 amide bonds. The second-order valence-electron chi connectivity index (χ2n) is 3.81. The number of rotatable bonds is 3. The van der Waals surface area contributed by atoms with Gasteiger partial charge in [-0.05, 0) is 41.8 Å². The predicted molar refractivity (Wildman–Crippen MR) is 67.8 cm³/mol. The van der Waals surface area contributed by atoms with Gasteiger partial charge in [0.15, 0.2) is 6.29 Å². The summed E-state index contributed by atoms with van der Waals surface area (Å²) in [7, 11) is 0. The number of halogens is 1. The Labute approximate surface area is 104 Å². The first-order valence-electron chi connectivity index (χ1n) is 5.20. The van der Waals surface area contributed by atoms with Gasteiger partial charge in [0, 0.05) is 5.02 Å². The van der Waals surface area contributed by atoms with E-state index in [9.17, 15) is 9.90 Å². The predicted octanol–water partition coefficient (Wildman–Crippen LogP) is 3.45. The number of carbonyl (C=O) groups is 1. The molecule has 2 nitrogen and oxygen atoms in total. The van der Waals surface area contributed by atoms with Crippen molar-refractivity contribution < 1.29 is 9.90 Å². The summed E-state index contributed by atoms with van der Waals surface area (Å²) in [6.07, 6.45) is 1.36. The maximum absolute atomic E-state index is 10.7. The number of aldehydes is 1. The van der Waals surface area contributed by atoms with Crippen molar-refractivity contribution in [1.82, 2.24) is 0 Å². The highest BCUT2D eigenvalue weighted by molar-refractivity contribution is 6.30. The summed E-state index contributed by atoms with van der Waals surface area (Å²) in [5.74, 6) is 0.0138. The molecule has 2 aromatic rings. The standard InChI is InChI=1S/C14H11ClO2/c15-13-4-1-10(2-5-13)7-11-3-6-14(17)12(8-11)9-16/h1-6,8-9,17H,7H2. The van der Waals surface area contributed by atoms with Crippen LogP contribution in [-0.2, 0) is 6.42 Å². The lowest BCUT2D eigenvalue weighted by Gasteiger charge is -2.04. The number of hydrogen-bond donors (Lipinski definition) is 1. The summed E-state index contributed by atoms with van der Waals surface area (Å²) in [4.78, 5) is 10.7. The highest BCUT2D eigenvalue weighted by atomic mass is 35.5. The fourth-order valence-corrected chi connectivity index (χ4v) is 1.77. The minimum absolute atomic E-state index is 0.0138.